The van der Waals surface area contributed by atoms with Gasteiger partial charge in [-0.2, -0.15) is 0 Å². The number of aliphatic carboxylic acids is 1. The fourth-order valence-corrected chi connectivity index (χ4v) is 1.99. The van der Waals surface area contributed by atoms with Gasteiger partial charge in [-0.15, -0.1) is 0 Å². The third-order valence-corrected chi connectivity index (χ3v) is 3.12. The smallest absolute Gasteiger partial charge is 0.408 e. The van der Waals surface area contributed by atoms with Crippen LogP contribution in [0.2, 0.25) is 0 Å². The highest BCUT2D eigenvalue weighted by Crippen LogP contribution is 2.15. The minimum atomic E-state index is -1.26. The van der Waals surface area contributed by atoms with Crippen molar-refractivity contribution < 1.29 is 19.4 Å². The van der Waals surface area contributed by atoms with E-state index in [-0.39, 0.29) is 13.2 Å². The normalized spacial score (nSPS) is 21.9. The van der Waals surface area contributed by atoms with Crippen molar-refractivity contribution >= 4 is 12.1 Å². The Morgan fingerprint density at radius 3 is 2.68 bits per heavy atom. The summed E-state index contributed by atoms with van der Waals surface area (Å²) in [7, 11) is 0. The Morgan fingerprint density at radius 2 is 2.11 bits per heavy atom. The molecule has 0 bridgehead atoms. The molecule has 2 rings (SSSR count). The summed E-state index contributed by atoms with van der Waals surface area (Å²) in [6.45, 7) is 0.893. The van der Waals surface area contributed by atoms with Gasteiger partial charge in [0, 0.05) is 6.54 Å². The van der Waals surface area contributed by atoms with Crippen LogP contribution in [0.15, 0.2) is 30.3 Å². The fourth-order valence-electron chi connectivity index (χ4n) is 1.99. The number of ether oxygens (including phenoxy) is 1. The second kappa shape index (κ2) is 5.71. The number of nitrogens with one attached hydrogen (secondary N) is 2. The lowest BCUT2D eigenvalue weighted by Crippen LogP contribution is -2.56. The Labute approximate surface area is 110 Å². The first-order chi connectivity index (χ1) is 9.12. The zero-order chi connectivity index (χ0) is 13.7. The zero-order valence-corrected chi connectivity index (χ0v) is 10.4. The van der Waals surface area contributed by atoms with Gasteiger partial charge in [-0.3, -0.25) is 0 Å². The van der Waals surface area contributed by atoms with Crippen LogP contribution in [0.4, 0.5) is 4.79 Å². The highest BCUT2D eigenvalue weighted by molar-refractivity contribution is 5.85. The summed E-state index contributed by atoms with van der Waals surface area (Å²) in [4.78, 5) is 22.9. The molecule has 0 saturated carbocycles. The molecular weight excluding hydrogens is 248 g/mol. The van der Waals surface area contributed by atoms with Gasteiger partial charge in [0.2, 0.25) is 0 Å². The van der Waals surface area contributed by atoms with E-state index < -0.39 is 17.6 Å². The van der Waals surface area contributed by atoms with Crippen LogP contribution in [-0.2, 0) is 16.1 Å². The molecule has 3 N–H and O–H groups in total. The number of carboxylic acid groups (broad SMARTS) is 1. The van der Waals surface area contributed by atoms with Crippen molar-refractivity contribution in [2.45, 2.75) is 18.6 Å². The van der Waals surface area contributed by atoms with E-state index in [1.54, 1.807) is 0 Å². The number of carbonyl (C=O) groups is 2. The molecule has 0 radical (unpaired) electrons. The molecule has 19 heavy (non-hydrogen) atoms. The molecule has 1 aromatic rings. The summed E-state index contributed by atoms with van der Waals surface area (Å²) in [6, 6.07) is 9.22. The molecule has 6 heteroatoms. The topological polar surface area (TPSA) is 87.7 Å². The van der Waals surface area contributed by atoms with Gasteiger partial charge in [-0.1, -0.05) is 30.3 Å². The lowest BCUT2D eigenvalue weighted by molar-refractivity contribution is -0.143. The van der Waals surface area contributed by atoms with E-state index >= 15 is 0 Å². The van der Waals surface area contributed by atoms with Gasteiger partial charge in [0.25, 0.3) is 0 Å². The molecule has 0 unspecified atom stereocenters. The SMILES string of the molecule is O=C(N[C@@]1(C(=O)O)CCNC1)OCc1ccccc1. The molecule has 6 nitrogen and oxygen atoms in total. The molecular formula is C13H16N2O4. The lowest BCUT2D eigenvalue weighted by Gasteiger charge is -2.23. The number of amides is 1. The Morgan fingerprint density at radius 1 is 1.37 bits per heavy atom. The first-order valence-electron chi connectivity index (χ1n) is 6.05. The summed E-state index contributed by atoms with van der Waals surface area (Å²) in [5.41, 5.74) is -0.403. The second-order valence-corrected chi connectivity index (χ2v) is 4.50. The predicted molar refractivity (Wildman–Crippen MR) is 67.6 cm³/mol. The molecule has 0 aromatic heterocycles. The van der Waals surface area contributed by atoms with Crippen LogP contribution in [-0.4, -0.2) is 35.8 Å². The molecule has 0 spiro atoms. The minimum Gasteiger partial charge on any atom is -0.479 e. The molecule has 1 saturated heterocycles. The molecule has 102 valence electrons. The average Bonchev–Trinajstić information content (AvgIpc) is 2.87. The van der Waals surface area contributed by atoms with Crippen LogP contribution in [0, 0.1) is 0 Å². The van der Waals surface area contributed by atoms with E-state index in [9.17, 15) is 14.7 Å². The quantitative estimate of drug-likeness (QED) is 0.746. The van der Waals surface area contributed by atoms with E-state index in [2.05, 4.69) is 10.6 Å². The van der Waals surface area contributed by atoms with E-state index in [1.165, 1.54) is 0 Å². The van der Waals surface area contributed by atoms with Crippen LogP contribution in [0.3, 0.4) is 0 Å². The average molecular weight is 264 g/mol. The van der Waals surface area contributed by atoms with Crippen LogP contribution in [0.5, 0.6) is 0 Å². The monoisotopic (exact) mass is 264 g/mol. The number of alkyl carbamates (subject to hydrolysis) is 1. The lowest BCUT2D eigenvalue weighted by atomic mass is 9.99. The molecule has 1 aromatic carbocycles. The molecule has 1 aliphatic rings. The number of hydrogen-bond acceptors (Lipinski definition) is 4. The Bertz CT molecular complexity index is 455. The van der Waals surface area contributed by atoms with Crippen LogP contribution < -0.4 is 10.6 Å². The summed E-state index contributed by atoms with van der Waals surface area (Å²) in [5.74, 6) is -1.05. The van der Waals surface area contributed by atoms with Gasteiger partial charge in [0.05, 0.1) is 0 Å². The standard InChI is InChI=1S/C13H16N2O4/c16-11(17)13(6-7-14-9-13)15-12(18)19-8-10-4-2-1-3-5-10/h1-5,14H,6-9H2,(H,15,18)(H,16,17)/t13-/m0/s1. The molecule has 1 heterocycles. The van der Waals surface area contributed by atoms with E-state index in [1.807, 2.05) is 30.3 Å². The number of carbonyl (C=O) groups excluding carboxylic acids is 1. The van der Waals surface area contributed by atoms with Crippen molar-refractivity contribution in [3.8, 4) is 0 Å². The molecule has 0 aliphatic carbocycles. The van der Waals surface area contributed by atoms with Crippen molar-refractivity contribution in [2.75, 3.05) is 13.1 Å². The third-order valence-electron chi connectivity index (χ3n) is 3.12. The molecule has 1 aliphatic heterocycles. The largest absolute Gasteiger partial charge is 0.479 e. The first-order valence-corrected chi connectivity index (χ1v) is 6.05. The Balaban J connectivity index is 1.88. The van der Waals surface area contributed by atoms with Crippen molar-refractivity contribution in [2.24, 2.45) is 0 Å². The molecule has 1 fully saturated rings. The number of benzene rings is 1. The summed E-state index contributed by atoms with van der Waals surface area (Å²) in [6.07, 6.45) is -0.363. The third kappa shape index (κ3) is 3.23. The number of hydrogen-bond donors (Lipinski definition) is 3. The van der Waals surface area contributed by atoms with Crippen LogP contribution in [0.1, 0.15) is 12.0 Å². The highest BCUT2D eigenvalue weighted by Gasteiger charge is 2.43. The highest BCUT2D eigenvalue weighted by atomic mass is 16.5. The maximum atomic E-state index is 11.7. The maximum absolute atomic E-state index is 11.7. The summed E-state index contributed by atoms with van der Waals surface area (Å²) in [5, 5.41) is 14.5. The van der Waals surface area contributed by atoms with E-state index in [4.69, 9.17) is 4.74 Å². The van der Waals surface area contributed by atoms with Crippen LogP contribution in [0.25, 0.3) is 0 Å². The predicted octanol–water partition coefficient (Wildman–Crippen LogP) is 0.729. The number of carboxylic acids is 1. The number of rotatable bonds is 4. The van der Waals surface area contributed by atoms with Gasteiger partial charge in [0.15, 0.2) is 5.54 Å². The Hall–Kier alpha value is -2.08. The van der Waals surface area contributed by atoms with Gasteiger partial charge < -0.3 is 20.5 Å². The van der Waals surface area contributed by atoms with E-state index in [0.29, 0.717) is 13.0 Å². The van der Waals surface area contributed by atoms with Crippen molar-refractivity contribution in [1.82, 2.24) is 10.6 Å². The van der Waals surface area contributed by atoms with Gasteiger partial charge in [0.1, 0.15) is 6.61 Å². The van der Waals surface area contributed by atoms with Crippen molar-refractivity contribution in [3.05, 3.63) is 35.9 Å². The van der Waals surface area contributed by atoms with Crippen molar-refractivity contribution in [3.63, 3.8) is 0 Å². The first kappa shape index (κ1) is 13.4. The van der Waals surface area contributed by atoms with Gasteiger partial charge >= 0.3 is 12.1 Å². The van der Waals surface area contributed by atoms with Crippen molar-refractivity contribution in [1.29, 1.82) is 0 Å². The fraction of sp³-hybridized carbons (Fsp3) is 0.385. The molecule has 1 atom stereocenters. The van der Waals surface area contributed by atoms with Gasteiger partial charge in [-0.25, -0.2) is 9.59 Å². The van der Waals surface area contributed by atoms with Crippen LogP contribution >= 0.6 is 0 Å². The summed E-state index contributed by atoms with van der Waals surface area (Å²) >= 11 is 0. The summed E-state index contributed by atoms with van der Waals surface area (Å²) < 4.78 is 5.02. The second-order valence-electron chi connectivity index (χ2n) is 4.50. The maximum Gasteiger partial charge on any atom is 0.408 e. The minimum absolute atomic E-state index is 0.121. The molecule has 1 amide bonds. The Kier molecular flexibility index (Phi) is 4.01. The van der Waals surface area contributed by atoms with E-state index in [0.717, 1.165) is 5.56 Å². The zero-order valence-electron chi connectivity index (χ0n) is 10.4. The van der Waals surface area contributed by atoms with Gasteiger partial charge in [-0.05, 0) is 18.5 Å².